The molecule has 0 aliphatic heterocycles. The van der Waals surface area contributed by atoms with Gasteiger partial charge in [0.25, 0.3) is 10.1 Å². The molecule has 29 heavy (non-hydrogen) atoms. The normalized spacial score (nSPS) is 13.1. The quantitative estimate of drug-likeness (QED) is 0.101. The lowest BCUT2D eigenvalue weighted by Crippen LogP contribution is -2.17. The fraction of sp³-hybridized carbons (Fsp3) is 0.870. The van der Waals surface area contributed by atoms with Crippen molar-refractivity contribution in [3.8, 4) is 0 Å². The van der Waals surface area contributed by atoms with Crippen molar-refractivity contribution in [3.63, 3.8) is 0 Å². The number of hydrogen-bond donors (Lipinski definition) is 1. The van der Waals surface area contributed by atoms with E-state index in [1.165, 1.54) is 6.42 Å². The van der Waals surface area contributed by atoms with Crippen LogP contribution in [-0.4, -0.2) is 30.8 Å². The summed E-state index contributed by atoms with van der Waals surface area (Å²) in [6.45, 7) is 4.82. The Kier molecular flexibility index (Phi) is 18.5. The smallest absolute Gasteiger partial charge is 0.305 e. The van der Waals surface area contributed by atoms with Gasteiger partial charge >= 0.3 is 5.97 Å². The van der Waals surface area contributed by atoms with Gasteiger partial charge in [0.1, 0.15) is 5.25 Å². The molecule has 0 aromatic carbocycles. The highest BCUT2D eigenvalue weighted by atomic mass is 32.2. The zero-order valence-corrected chi connectivity index (χ0v) is 19.6. The number of carbonyl (C=O) groups excluding carboxylic acids is 1. The first kappa shape index (κ1) is 28.1. The van der Waals surface area contributed by atoms with Gasteiger partial charge in [-0.25, -0.2) is 0 Å². The van der Waals surface area contributed by atoms with E-state index in [2.05, 4.69) is 13.8 Å². The molecule has 1 atom stereocenters. The monoisotopic (exact) mass is 432 g/mol. The highest BCUT2D eigenvalue weighted by Gasteiger charge is 2.18. The van der Waals surface area contributed by atoms with E-state index >= 15 is 0 Å². The molecule has 0 radical (unpaired) electrons. The first-order chi connectivity index (χ1) is 13.9. The molecule has 0 rings (SSSR count). The van der Waals surface area contributed by atoms with E-state index in [1.54, 1.807) is 6.08 Å². The second kappa shape index (κ2) is 19.1. The Morgan fingerprint density at radius 2 is 1.45 bits per heavy atom. The molecule has 0 heterocycles. The molecule has 0 spiro atoms. The minimum Gasteiger partial charge on any atom is -0.466 e. The summed E-state index contributed by atoms with van der Waals surface area (Å²) in [6.07, 6.45) is 18.8. The minimum absolute atomic E-state index is 0.0880. The largest absolute Gasteiger partial charge is 0.466 e. The molecular formula is C23H44O5S. The summed E-state index contributed by atoms with van der Waals surface area (Å²) >= 11 is 0. The van der Waals surface area contributed by atoms with Crippen molar-refractivity contribution < 1.29 is 22.5 Å². The van der Waals surface area contributed by atoms with Gasteiger partial charge in [-0.05, 0) is 32.1 Å². The van der Waals surface area contributed by atoms with Crippen LogP contribution < -0.4 is 0 Å². The van der Waals surface area contributed by atoms with Gasteiger partial charge < -0.3 is 4.74 Å². The maximum absolute atomic E-state index is 11.6. The van der Waals surface area contributed by atoms with Gasteiger partial charge in [-0.1, -0.05) is 90.2 Å². The summed E-state index contributed by atoms with van der Waals surface area (Å²) in [5.41, 5.74) is 0. The van der Waals surface area contributed by atoms with Crippen LogP contribution in [0.4, 0.5) is 0 Å². The number of allylic oxidation sites excluding steroid dienone is 1. The first-order valence-corrected chi connectivity index (χ1v) is 13.2. The van der Waals surface area contributed by atoms with Crippen LogP contribution in [0, 0.1) is 0 Å². The number of carbonyl (C=O) groups is 1. The fourth-order valence-corrected chi connectivity index (χ4v) is 3.99. The maximum Gasteiger partial charge on any atom is 0.305 e. The molecule has 5 nitrogen and oxygen atoms in total. The molecule has 6 heteroatoms. The lowest BCUT2D eigenvalue weighted by molar-refractivity contribution is -0.143. The van der Waals surface area contributed by atoms with Crippen molar-refractivity contribution in [1.29, 1.82) is 0 Å². The Balaban J connectivity index is 3.76. The molecule has 0 aromatic rings. The predicted octanol–water partition coefficient (Wildman–Crippen LogP) is 6.62. The van der Waals surface area contributed by atoms with Crippen molar-refractivity contribution in [3.05, 3.63) is 12.2 Å². The lowest BCUT2D eigenvalue weighted by atomic mass is 10.1. The van der Waals surface area contributed by atoms with E-state index in [-0.39, 0.29) is 5.97 Å². The van der Waals surface area contributed by atoms with E-state index in [1.807, 2.05) is 6.08 Å². The maximum atomic E-state index is 11.6. The second-order valence-corrected chi connectivity index (χ2v) is 9.55. The summed E-state index contributed by atoms with van der Waals surface area (Å²) in [7, 11) is -4.01. The first-order valence-electron chi connectivity index (χ1n) is 11.7. The third kappa shape index (κ3) is 18.9. The summed E-state index contributed by atoms with van der Waals surface area (Å²) in [5, 5.41) is -0.771. The highest BCUT2D eigenvalue weighted by Crippen LogP contribution is 2.15. The van der Waals surface area contributed by atoms with Gasteiger partial charge in [0.15, 0.2) is 0 Å². The van der Waals surface area contributed by atoms with Crippen LogP contribution >= 0.6 is 0 Å². The van der Waals surface area contributed by atoms with Crippen LogP contribution in [-0.2, 0) is 19.6 Å². The number of unbranched alkanes of at least 4 members (excludes halogenated alkanes) is 11. The molecule has 0 aromatic heterocycles. The Bertz CT molecular complexity index is 513. The average Bonchev–Trinajstić information content (AvgIpc) is 2.67. The van der Waals surface area contributed by atoms with Crippen LogP contribution in [0.1, 0.15) is 117 Å². The number of ether oxygens (including phenoxy) is 1. The van der Waals surface area contributed by atoms with Crippen LogP contribution in [0.2, 0.25) is 0 Å². The van der Waals surface area contributed by atoms with E-state index in [9.17, 15) is 17.8 Å². The topological polar surface area (TPSA) is 80.7 Å². The van der Waals surface area contributed by atoms with Gasteiger partial charge in [0.05, 0.1) is 6.61 Å². The van der Waals surface area contributed by atoms with Crippen molar-refractivity contribution in [2.75, 3.05) is 6.61 Å². The van der Waals surface area contributed by atoms with Gasteiger partial charge in [-0.15, -0.1) is 0 Å². The number of esters is 1. The van der Waals surface area contributed by atoms with Crippen molar-refractivity contribution in [1.82, 2.24) is 0 Å². The fourth-order valence-electron chi connectivity index (χ4n) is 3.21. The van der Waals surface area contributed by atoms with E-state index in [0.717, 1.165) is 83.5 Å². The van der Waals surface area contributed by atoms with Gasteiger partial charge in [-0.3, -0.25) is 9.35 Å². The second-order valence-electron chi connectivity index (χ2n) is 7.92. The van der Waals surface area contributed by atoms with Gasteiger partial charge in [0.2, 0.25) is 0 Å². The minimum atomic E-state index is -4.01. The van der Waals surface area contributed by atoms with E-state index in [4.69, 9.17) is 4.74 Å². The van der Waals surface area contributed by atoms with Crippen molar-refractivity contribution in [2.24, 2.45) is 0 Å². The Morgan fingerprint density at radius 1 is 0.862 bits per heavy atom. The van der Waals surface area contributed by atoms with Crippen LogP contribution in [0.3, 0.4) is 0 Å². The predicted molar refractivity (Wildman–Crippen MR) is 121 cm³/mol. The van der Waals surface area contributed by atoms with Crippen LogP contribution in [0.25, 0.3) is 0 Å². The van der Waals surface area contributed by atoms with Crippen molar-refractivity contribution in [2.45, 2.75) is 122 Å². The standard InChI is InChI=1S/C23H44O5S/c1-3-5-7-11-14-18-22(29(25,26)27)19-15-12-9-8-10-13-16-20-23(24)28-21-17-6-4-2/h15,19,22H,3-14,16-18,20-21H2,1-2H3,(H,25,26,27)/b19-15-/t22-/m0/s1. The van der Waals surface area contributed by atoms with Crippen LogP contribution in [0.15, 0.2) is 12.2 Å². The summed E-state index contributed by atoms with van der Waals surface area (Å²) in [5.74, 6) is -0.0880. The summed E-state index contributed by atoms with van der Waals surface area (Å²) < 4.78 is 37.6. The average molecular weight is 433 g/mol. The van der Waals surface area contributed by atoms with Crippen LogP contribution in [0.5, 0.6) is 0 Å². The lowest BCUT2D eigenvalue weighted by Gasteiger charge is -2.09. The molecule has 0 aliphatic carbocycles. The Morgan fingerprint density at radius 3 is 2.14 bits per heavy atom. The third-order valence-electron chi connectivity index (χ3n) is 5.09. The molecule has 0 unspecified atom stereocenters. The molecular weight excluding hydrogens is 388 g/mol. The zero-order chi connectivity index (χ0) is 21.8. The SMILES string of the molecule is CCCCCCC[C@@H](/C=C\CCCCCCCC(=O)OCCCCC)S(=O)(=O)O. The van der Waals surface area contributed by atoms with E-state index in [0.29, 0.717) is 19.4 Å². The molecule has 0 amide bonds. The molecule has 0 bridgehead atoms. The zero-order valence-electron chi connectivity index (χ0n) is 18.7. The molecule has 172 valence electrons. The Hall–Kier alpha value is -0.880. The Labute approximate surface area is 179 Å². The van der Waals surface area contributed by atoms with Crippen molar-refractivity contribution >= 4 is 16.1 Å². The molecule has 0 aliphatic rings. The summed E-state index contributed by atoms with van der Waals surface area (Å²) in [6, 6.07) is 0. The molecule has 0 saturated heterocycles. The molecule has 1 N–H and O–H groups in total. The number of hydrogen-bond acceptors (Lipinski definition) is 4. The van der Waals surface area contributed by atoms with Gasteiger partial charge in [0, 0.05) is 6.42 Å². The molecule has 0 saturated carbocycles. The van der Waals surface area contributed by atoms with E-state index < -0.39 is 15.4 Å². The highest BCUT2D eigenvalue weighted by molar-refractivity contribution is 7.86. The van der Waals surface area contributed by atoms with Gasteiger partial charge in [-0.2, -0.15) is 8.42 Å². The third-order valence-corrected chi connectivity index (χ3v) is 6.25. The summed E-state index contributed by atoms with van der Waals surface area (Å²) in [4.78, 5) is 11.6. The number of rotatable bonds is 20. The molecule has 0 fully saturated rings.